The van der Waals surface area contributed by atoms with Crippen molar-refractivity contribution in [3.63, 3.8) is 0 Å². The lowest BCUT2D eigenvalue weighted by molar-refractivity contribution is -0.384. The molecule has 0 radical (unpaired) electrons. The maximum Gasteiger partial charge on any atom is 0.289 e. The van der Waals surface area contributed by atoms with Crippen molar-refractivity contribution in [2.75, 3.05) is 38.5 Å². The van der Waals surface area contributed by atoms with Crippen LogP contribution in [0.4, 0.5) is 5.69 Å². The van der Waals surface area contributed by atoms with Crippen LogP contribution in [0.2, 0.25) is 0 Å². The van der Waals surface area contributed by atoms with Crippen molar-refractivity contribution in [3.8, 4) is 0 Å². The van der Waals surface area contributed by atoms with Gasteiger partial charge in [-0.25, -0.2) is 8.42 Å². The van der Waals surface area contributed by atoms with Gasteiger partial charge in [0.05, 0.1) is 23.4 Å². The minimum absolute atomic E-state index is 0.00833. The topological polar surface area (TPSA) is 143 Å². The Morgan fingerprint density at radius 2 is 1.77 bits per heavy atom. The fourth-order valence-corrected chi connectivity index (χ4v) is 4.50. The van der Waals surface area contributed by atoms with E-state index in [-0.39, 0.29) is 68.2 Å². The van der Waals surface area contributed by atoms with E-state index in [0.29, 0.717) is 5.56 Å². The summed E-state index contributed by atoms with van der Waals surface area (Å²) in [4.78, 5) is 35.9. The highest BCUT2D eigenvalue weighted by Crippen LogP contribution is 2.13. The highest BCUT2D eigenvalue weighted by Gasteiger charge is 2.29. The van der Waals surface area contributed by atoms with Crippen molar-refractivity contribution >= 4 is 27.5 Å². The number of hydrogen-bond acceptors (Lipinski definition) is 7. The van der Waals surface area contributed by atoms with Gasteiger partial charge in [-0.15, -0.1) is 0 Å². The van der Waals surface area contributed by atoms with Crippen LogP contribution in [0.25, 0.3) is 0 Å². The molecule has 1 N–H and O–H groups in total. The van der Waals surface area contributed by atoms with Gasteiger partial charge >= 0.3 is 0 Å². The van der Waals surface area contributed by atoms with Crippen molar-refractivity contribution in [2.24, 2.45) is 0 Å². The molecule has 0 bridgehead atoms. The summed E-state index contributed by atoms with van der Waals surface area (Å²) < 4.78 is 31.4. The van der Waals surface area contributed by atoms with Gasteiger partial charge in [0.1, 0.15) is 0 Å². The van der Waals surface area contributed by atoms with E-state index in [2.05, 4.69) is 5.32 Å². The fourth-order valence-electron chi connectivity index (χ4n) is 3.16. The number of carbonyl (C=O) groups excluding carboxylic acids is 2. The molecule has 0 unspecified atom stereocenters. The molecule has 166 valence electrons. The maximum atomic E-state index is 12.5. The fraction of sp³-hybridized carbons (Fsp3) is 0.368. The quantitative estimate of drug-likeness (QED) is 0.459. The van der Waals surface area contributed by atoms with Gasteiger partial charge in [-0.3, -0.25) is 19.7 Å². The van der Waals surface area contributed by atoms with Crippen LogP contribution in [-0.2, 0) is 21.2 Å². The Balaban J connectivity index is 1.42. The molecule has 2 heterocycles. The highest BCUT2D eigenvalue weighted by molar-refractivity contribution is 7.89. The van der Waals surface area contributed by atoms with Crippen LogP contribution in [0.1, 0.15) is 16.1 Å². The largest absolute Gasteiger partial charge is 0.459 e. The van der Waals surface area contributed by atoms with Gasteiger partial charge in [0.2, 0.25) is 15.9 Å². The molecule has 1 aliphatic heterocycles. The Bertz CT molecular complexity index is 1030. The monoisotopic (exact) mass is 450 g/mol. The zero-order valence-electron chi connectivity index (χ0n) is 16.6. The lowest BCUT2D eigenvalue weighted by Gasteiger charge is -2.33. The molecule has 1 saturated heterocycles. The SMILES string of the molecule is O=C(Cc1ccc([N+](=O)[O-])cc1)NCCS(=O)(=O)N1CCN(C(=O)c2ccco2)CC1. The Kier molecular flexibility index (Phi) is 7.02. The van der Waals surface area contributed by atoms with Gasteiger partial charge in [0.25, 0.3) is 11.6 Å². The Hall–Kier alpha value is -3.25. The molecular formula is C19H22N4O7S. The number of carbonyl (C=O) groups is 2. The molecule has 2 amide bonds. The van der Waals surface area contributed by atoms with E-state index in [1.165, 1.54) is 39.7 Å². The van der Waals surface area contributed by atoms with E-state index < -0.39 is 14.9 Å². The van der Waals surface area contributed by atoms with E-state index >= 15 is 0 Å². The third-order valence-electron chi connectivity index (χ3n) is 4.85. The van der Waals surface area contributed by atoms with Gasteiger partial charge in [0, 0.05) is 44.9 Å². The van der Waals surface area contributed by atoms with E-state index in [1.54, 1.807) is 12.1 Å². The first-order valence-electron chi connectivity index (χ1n) is 9.57. The Morgan fingerprint density at radius 3 is 2.35 bits per heavy atom. The van der Waals surface area contributed by atoms with Gasteiger partial charge in [0.15, 0.2) is 5.76 Å². The summed E-state index contributed by atoms with van der Waals surface area (Å²) in [6.07, 6.45) is 1.40. The normalized spacial score (nSPS) is 14.9. The van der Waals surface area contributed by atoms with E-state index in [4.69, 9.17) is 4.42 Å². The molecule has 2 aromatic rings. The van der Waals surface area contributed by atoms with E-state index in [9.17, 15) is 28.1 Å². The minimum Gasteiger partial charge on any atom is -0.459 e. The molecule has 0 aliphatic carbocycles. The van der Waals surface area contributed by atoms with Crippen LogP contribution in [-0.4, -0.2) is 72.8 Å². The summed E-state index contributed by atoms with van der Waals surface area (Å²) in [5.74, 6) is -0.698. The molecule has 3 rings (SSSR count). The number of nitro groups is 1. The number of piperazine rings is 1. The zero-order chi connectivity index (χ0) is 22.4. The number of nitrogens with one attached hydrogen (secondary N) is 1. The van der Waals surface area contributed by atoms with Crippen LogP contribution in [0, 0.1) is 10.1 Å². The number of non-ortho nitro benzene ring substituents is 1. The smallest absolute Gasteiger partial charge is 0.289 e. The number of sulfonamides is 1. The summed E-state index contributed by atoms with van der Waals surface area (Å²) in [6.45, 7) is 0.799. The second kappa shape index (κ2) is 9.71. The molecule has 0 spiro atoms. The number of rotatable bonds is 8. The van der Waals surface area contributed by atoms with Crippen LogP contribution >= 0.6 is 0 Å². The number of benzene rings is 1. The average Bonchev–Trinajstić information content (AvgIpc) is 3.28. The maximum absolute atomic E-state index is 12.5. The molecule has 11 nitrogen and oxygen atoms in total. The third-order valence-corrected chi connectivity index (χ3v) is 6.72. The first-order valence-corrected chi connectivity index (χ1v) is 11.2. The van der Waals surface area contributed by atoms with Crippen LogP contribution in [0.15, 0.2) is 47.1 Å². The predicted octanol–water partition coefficient (Wildman–Crippen LogP) is 0.634. The zero-order valence-corrected chi connectivity index (χ0v) is 17.4. The van der Waals surface area contributed by atoms with Gasteiger partial charge in [-0.05, 0) is 17.7 Å². The lowest BCUT2D eigenvalue weighted by atomic mass is 10.1. The molecule has 1 aromatic heterocycles. The average molecular weight is 450 g/mol. The molecule has 1 fully saturated rings. The first kappa shape index (κ1) is 22.4. The summed E-state index contributed by atoms with van der Waals surface area (Å²) in [5, 5.41) is 13.2. The second-order valence-electron chi connectivity index (χ2n) is 6.93. The van der Waals surface area contributed by atoms with Crippen molar-refractivity contribution < 1.29 is 27.3 Å². The van der Waals surface area contributed by atoms with Gasteiger partial charge in [-0.1, -0.05) is 12.1 Å². The number of nitro benzene ring substituents is 1. The number of nitrogens with zero attached hydrogens (tertiary/aromatic N) is 3. The molecule has 0 saturated carbocycles. The summed E-state index contributed by atoms with van der Waals surface area (Å²) in [6, 6.07) is 8.76. The van der Waals surface area contributed by atoms with Crippen molar-refractivity contribution in [1.82, 2.24) is 14.5 Å². The standard InChI is InChI=1S/C19H22N4O7S/c24-18(14-15-3-5-16(6-4-15)23(26)27)20-7-13-31(28,29)22-10-8-21(9-11-22)19(25)17-2-1-12-30-17/h1-6,12H,7-11,13-14H2,(H,20,24). The van der Waals surface area contributed by atoms with Crippen LogP contribution in [0.5, 0.6) is 0 Å². The summed E-state index contributed by atoms with van der Waals surface area (Å²) >= 11 is 0. The number of furan rings is 1. The van der Waals surface area contributed by atoms with Crippen LogP contribution < -0.4 is 5.32 Å². The lowest BCUT2D eigenvalue weighted by Crippen LogP contribution is -2.51. The first-order chi connectivity index (χ1) is 14.8. The van der Waals surface area contributed by atoms with E-state index in [1.807, 2.05) is 0 Å². The molecule has 0 atom stereocenters. The predicted molar refractivity (Wildman–Crippen MR) is 110 cm³/mol. The second-order valence-corrected chi connectivity index (χ2v) is 9.02. The Morgan fingerprint density at radius 1 is 1.10 bits per heavy atom. The molecule has 31 heavy (non-hydrogen) atoms. The minimum atomic E-state index is -3.59. The molecule has 1 aliphatic rings. The number of hydrogen-bond donors (Lipinski definition) is 1. The van der Waals surface area contributed by atoms with Crippen molar-refractivity contribution in [2.45, 2.75) is 6.42 Å². The summed E-state index contributed by atoms with van der Waals surface area (Å²) in [7, 11) is -3.59. The van der Waals surface area contributed by atoms with E-state index in [0.717, 1.165) is 0 Å². The molecular weight excluding hydrogens is 428 g/mol. The molecule has 12 heteroatoms. The molecule has 1 aromatic carbocycles. The van der Waals surface area contributed by atoms with Crippen LogP contribution in [0.3, 0.4) is 0 Å². The Labute approximate surface area is 178 Å². The summed E-state index contributed by atoms with van der Waals surface area (Å²) in [5.41, 5.74) is 0.518. The third kappa shape index (κ3) is 5.89. The highest BCUT2D eigenvalue weighted by atomic mass is 32.2. The van der Waals surface area contributed by atoms with Gasteiger partial charge in [-0.2, -0.15) is 4.31 Å². The van der Waals surface area contributed by atoms with Crippen molar-refractivity contribution in [1.29, 1.82) is 0 Å². The van der Waals surface area contributed by atoms with Crippen molar-refractivity contribution in [3.05, 3.63) is 64.1 Å². The number of amides is 2. The van der Waals surface area contributed by atoms with Gasteiger partial charge < -0.3 is 14.6 Å².